The molecular weight excluding hydrogens is 180 g/mol. The van der Waals surface area contributed by atoms with Crippen molar-refractivity contribution in [3.8, 4) is 0 Å². The van der Waals surface area contributed by atoms with Crippen molar-refractivity contribution in [3.63, 3.8) is 0 Å². The monoisotopic (exact) mass is 200 g/mol. The number of rotatable bonds is 4. The van der Waals surface area contributed by atoms with Gasteiger partial charge in [-0.15, -0.1) is 0 Å². The molecule has 2 unspecified atom stereocenters. The van der Waals surface area contributed by atoms with Gasteiger partial charge in [0.25, 0.3) is 0 Å². The van der Waals surface area contributed by atoms with Crippen LogP contribution in [0.5, 0.6) is 0 Å². The van der Waals surface area contributed by atoms with Crippen LogP contribution >= 0.6 is 0 Å². The Bertz CT molecular complexity index is 179. The first kappa shape index (κ1) is 11.5. The average Bonchev–Trinajstić information content (AvgIpc) is 2.39. The fraction of sp³-hybridized carbons (Fsp3) is 0.909. The van der Waals surface area contributed by atoms with E-state index in [1.165, 1.54) is 0 Å². The van der Waals surface area contributed by atoms with Crippen LogP contribution in [0, 0.1) is 5.92 Å². The Morgan fingerprint density at radius 3 is 2.71 bits per heavy atom. The van der Waals surface area contributed by atoms with Crippen LogP contribution in [-0.2, 0) is 9.53 Å². The summed E-state index contributed by atoms with van der Waals surface area (Å²) in [7, 11) is 0. The first-order valence-electron chi connectivity index (χ1n) is 5.60. The lowest BCUT2D eigenvalue weighted by Crippen LogP contribution is -2.29. The molecule has 0 heterocycles. The summed E-state index contributed by atoms with van der Waals surface area (Å²) in [5.41, 5.74) is 0. The molecule has 0 aromatic heterocycles. The molecule has 0 amide bonds. The zero-order valence-corrected chi connectivity index (χ0v) is 8.87. The van der Waals surface area contributed by atoms with Crippen molar-refractivity contribution in [2.75, 3.05) is 6.61 Å². The van der Waals surface area contributed by atoms with E-state index in [9.17, 15) is 4.79 Å². The minimum Gasteiger partial charge on any atom is -0.481 e. The molecule has 1 saturated carbocycles. The van der Waals surface area contributed by atoms with Crippen molar-refractivity contribution in [2.45, 2.75) is 51.6 Å². The van der Waals surface area contributed by atoms with Gasteiger partial charge < -0.3 is 9.84 Å². The van der Waals surface area contributed by atoms with Gasteiger partial charge in [0.05, 0.1) is 12.0 Å². The van der Waals surface area contributed by atoms with Gasteiger partial charge in [0, 0.05) is 6.61 Å². The van der Waals surface area contributed by atoms with Crippen molar-refractivity contribution in [2.24, 2.45) is 5.92 Å². The summed E-state index contributed by atoms with van der Waals surface area (Å²) in [4.78, 5) is 11.0. The molecule has 0 spiro atoms. The summed E-state index contributed by atoms with van der Waals surface area (Å²) < 4.78 is 5.61. The van der Waals surface area contributed by atoms with Crippen molar-refractivity contribution < 1.29 is 14.6 Å². The fourth-order valence-electron chi connectivity index (χ4n) is 2.02. The van der Waals surface area contributed by atoms with E-state index in [1.807, 2.05) is 6.92 Å². The number of carbonyl (C=O) groups is 1. The second kappa shape index (κ2) is 6.02. The Morgan fingerprint density at radius 1 is 1.36 bits per heavy atom. The van der Waals surface area contributed by atoms with Crippen LogP contribution in [0.25, 0.3) is 0 Å². The Labute approximate surface area is 85.5 Å². The van der Waals surface area contributed by atoms with E-state index < -0.39 is 5.97 Å². The SMILES string of the molecule is CCCOC1CCCCCC1C(=O)O. The van der Waals surface area contributed by atoms with E-state index in [4.69, 9.17) is 9.84 Å². The van der Waals surface area contributed by atoms with Crippen molar-refractivity contribution in [1.29, 1.82) is 0 Å². The quantitative estimate of drug-likeness (QED) is 0.709. The van der Waals surface area contributed by atoms with Crippen molar-refractivity contribution >= 4 is 5.97 Å². The molecule has 1 aliphatic carbocycles. The van der Waals surface area contributed by atoms with Crippen LogP contribution in [0.1, 0.15) is 45.4 Å². The minimum absolute atomic E-state index is 0.0463. The van der Waals surface area contributed by atoms with E-state index in [2.05, 4.69) is 0 Å². The Morgan fingerprint density at radius 2 is 2.07 bits per heavy atom. The van der Waals surface area contributed by atoms with Crippen LogP contribution < -0.4 is 0 Å². The van der Waals surface area contributed by atoms with Crippen LogP contribution in [0.4, 0.5) is 0 Å². The highest BCUT2D eigenvalue weighted by atomic mass is 16.5. The first-order chi connectivity index (χ1) is 6.75. The lowest BCUT2D eigenvalue weighted by molar-refractivity contribution is -0.148. The summed E-state index contributed by atoms with van der Waals surface area (Å²) in [6.45, 7) is 2.74. The largest absolute Gasteiger partial charge is 0.481 e. The molecular formula is C11H20O3. The van der Waals surface area contributed by atoms with Crippen LogP contribution in [0.2, 0.25) is 0 Å². The number of carboxylic acid groups (broad SMARTS) is 1. The molecule has 3 nitrogen and oxygen atoms in total. The van der Waals surface area contributed by atoms with Gasteiger partial charge in [-0.05, 0) is 19.3 Å². The molecule has 3 heteroatoms. The van der Waals surface area contributed by atoms with Crippen LogP contribution in [0.3, 0.4) is 0 Å². The number of carboxylic acids is 1. The molecule has 1 fully saturated rings. The smallest absolute Gasteiger partial charge is 0.309 e. The Balaban J connectivity index is 2.50. The van der Waals surface area contributed by atoms with E-state index >= 15 is 0 Å². The molecule has 1 N–H and O–H groups in total. The molecule has 0 bridgehead atoms. The Kier molecular flexibility index (Phi) is 4.94. The summed E-state index contributed by atoms with van der Waals surface area (Å²) in [6.07, 6.45) is 5.90. The third-order valence-electron chi connectivity index (χ3n) is 2.81. The molecule has 1 rings (SSSR count). The zero-order chi connectivity index (χ0) is 10.4. The maximum atomic E-state index is 11.0. The number of ether oxygens (including phenoxy) is 1. The highest BCUT2D eigenvalue weighted by molar-refractivity contribution is 5.70. The van der Waals surface area contributed by atoms with E-state index in [0.29, 0.717) is 6.61 Å². The lowest BCUT2D eigenvalue weighted by Gasteiger charge is -2.21. The van der Waals surface area contributed by atoms with E-state index in [1.54, 1.807) is 0 Å². The van der Waals surface area contributed by atoms with E-state index in [0.717, 1.165) is 38.5 Å². The molecule has 0 radical (unpaired) electrons. The summed E-state index contributed by atoms with van der Waals surface area (Å²) in [5, 5.41) is 9.05. The van der Waals surface area contributed by atoms with Gasteiger partial charge in [-0.25, -0.2) is 0 Å². The molecule has 0 aliphatic heterocycles. The van der Waals surface area contributed by atoms with Crippen LogP contribution in [0.15, 0.2) is 0 Å². The molecule has 82 valence electrons. The van der Waals surface area contributed by atoms with Crippen molar-refractivity contribution in [3.05, 3.63) is 0 Å². The van der Waals surface area contributed by atoms with Gasteiger partial charge in [-0.3, -0.25) is 4.79 Å². The molecule has 0 saturated heterocycles. The van der Waals surface area contributed by atoms with Gasteiger partial charge in [-0.1, -0.05) is 26.2 Å². The number of hydrogen-bond donors (Lipinski definition) is 1. The summed E-state index contributed by atoms with van der Waals surface area (Å²) >= 11 is 0. The summed E-state index contributed by atoms with van der Waals surface area (Å²) in [5.74, 6) is -0.961. The molecule has 14 heavy (non-hydrogen) atoms. The number of aliphatic carboxylic acids is 1. The third-order valence-corrected chi connectivity index (χ3v) is 2.81. The van der Waals surface area contributed by atoms with Gasteiger partial charge in [0.15, 0.2) is 0 Å². The van der Waals surface area contributed by atoms with Crippen molar-refractivity contribution in [1.82, 2.24) is 0 Å². The lowest BCUT2D eigenvalue weighted by atomic mass is 9.97. The van der Waals surface area contributed by atoms with Gasteiger partial charge in [0.2, 0.25) is 0 Å². The van der Waals surface area contributed by atoms with Crippen LogP contribution in [-0.4, -0.2) is 23.8 Å². The second-order valence-corrected chi connectivity index (χ2v) is 3.99. The zero-order valence-electron chi connectivity index (χ0n) is 8.87. The maximum absolute atomic E-state index is 11.0. The highest BCUT2D eigenvalue weighted by Gasteiger charge is 2.29. The van der Waals surface area contributed by atoms with Gasteiger partial charge in [-0.2, -0.15) is 0 Å². The molecule has 2 atom stereocenters. The predicted molar refractivity (Wildman–Crippen MR) is 54.2 cm³/mol. The minimum atomic E-state index is -0.687. The Hall–Kier alpha value is -0.570. The predicted octanol–water partition coefficient (Wildman–Crippen LogP) is 2.45. The third kappa shape index (κ3) is 3.29. The molecule has 1 aliphatic rings. The number of hydrogen-bond acceptors (Lipinski definition) is 2. The maximum Gasteiger partial charge on any atom is 0.309 e. The summed E-state index contributed by atoms with van der Waals surface area (Å²) in [6, 6.07) is 0. The normalized spacial score (nSPS) is 28.4. The molecule has 0 aromatic carbocycles. The van der Waals surface area contributed by atoms with E-state index in [-0.39, 0.29) is 12.0 Å². The second-order valence-electron chi connectivity index (χ2n) is 3.99. The standard InChI is InChI=1S/C11H20O3/c1-2-8-14-10-7-5-3-4-6-9(10)11(12)13/h9-10H,2-8H2,1H3,(H,12,13). The first-order valence-corrected chi connectivity index (χ1v) is 5.60. The average molecular weight is 200 g/mol. The fourth-order valence-corrected chi connectivity index (χ4v) is 2.02. The topological polar surface area (TPSA) is 46.5 Å². The van der Waals surface area contributed by atoms with Gasteiger partial charge >= 0.3 is 5.97 Å². The van der Waals surface area contributed by atoms with Gasteiger partial charge in [0.1, 0.15) is 0 Å². The molecule has 0 aromatic rings. The highest BCUT2D eigenvalue weighted by Crippen LogP contribution is 2.26.